The third-order valence-electron chi connectivity index (χ3n) is 5.28. The standard InChI is InChI=1S/C16H33N3/c1-3-15(8-9-17)6-4-10-18-13-16-7-5-11-19(16)12-14(18)2/h14-16H,3-13,17H2,1-2H3. The Morgan fingerprint density at radius 2 is 2.11 bits per heavy atom. The molecule has 0 spiro atoms. The molecule has 0 aromatic carbocycles. The van der Waals surface area contributed by atoms with Gasteiger partial charge in [-0.15, -0.1) is 0 Å². The predicted molar refractivity (Wildman–Crippen MR) is 82.3 cm³/mol. The largest absolute Gasteiger partial charge is 0.330 e. The van der Waals surface area contributed by atoms with Crippen LogP contribution in [-0.2, 0) is 0 Å². The molecule has 0 bridgehead atoms. The summed E-state index contributed by atoms with van der Waals surface area (Å²) in [4.78, 5) is 5.45. The van der Waals surface area contributed by atoms with Crippen LogP contribution in [0.4, 0.5) is 0 Å². The summed E-state index contributed by atoms with van der Waals surface area (Å²) in [6, 6.07) is 1.62. The molecule has 0 radical (unpaired) electrons. The van der Waals surface area contributed by atoms with Crippen LogP contribution < -0.4 is 5.73 Å². The average Bonchev–Trinajstić information content (AvgIpc) is 2.84. The summed E-state index contributed by atoms with van der Waals surface area (Å²) in [6.07, 6.45) is 8.07. The number of nitrogens with zero attached hydrogens (tertiary/aromatic N) is 2. The quantitative estimate of drug-likeness (QED) is 0.768. The van der Waals surface area contributed by atoms with Crippen molar-refractivity contribution in [1.82, 2.24) is 9.80 Å². The molecule has 0 aromatic heterocycles. The highest BCUT2D eigenvalue weighted by molar-refractivity contribution is 4.90. The lowest BCUT2D eigenvalue weighted by Gasteiger charge is -2.42. The maximum Gasteiger partial charge on any atom is 0.0224 e. The fraction of sp³-hybridized carbons (Fsp3) is 1.00. The first-order valence-electron chi connectivity index (χ1n) is 8.42. The van der Waals surface area contributed by atoms with E-state index in [0.29, 0.717) is 0 Å². The first kappa shape index (κ1) is 15.3. The van der Waals surface area contributed by atoms with Crippen LogP contribution in [0.15, 0.2) is 0 Å². The first-order chi connectivity index (χ1) is 9.24. The summed E-state index contributed by atoms with van der Waals surface area (Å²) in [7, 11) is 0. The third kappa shape index (κ3) is 4.17. The Labute approximate surface area is 119 Å². The highest BCUT2D eigenvalue weighted by Crippen LogP contribution is 2.25. The summed E-state index contributed by atoms with van der Waals surface area (Å²) in [5, 5.41) is 0. The Morgan fingerprint density at radius 1 is 1.26 bits per heavy atom. The van der Waals surface area contributed by atoms with E-state index in [1.54, 1.807) is 0 Å². The zero-order chi connectivity index (χ0) is 13.7. The number of fused-ring (bicyclic) bond motifs is 1. The molecule has 2 heterocycles. The Bertz CT molecular complexity index is 256. The summed E-state index contributed by atoms with van der Waals surface area (Å²) < 4.78 is 0. The fourth-order valence-electron chi connectivity index (χ4n) is 3.93. The van der Waals surface area contributed by atoms with E-state index < -0.39 is 0 Å². The van der Waals surface area contributed by atoms with Crippen LogP contribution in [0, 0.1) is 5.92 Å². The number of rotatable bonds is 7. The van der Waals surface area contributed by atoms with Gasteiger partial charge >= 0.3 is 0 Å². The summed E-state index contributed by atoms with van der Waals surface area (Å²) in [5.41, 5.74) is 5.68. The topological polar surface area (TPSA) is 32.5 Å². The lowest BCUT2D eigenvalue weighted by molar-refractivity contribution is 0.0574. The molecule has 0 amide bonds. The molecular formula is C16H33N3. The van der Waals surface area contributed by atoms with Crippen LogP contribution in [0.5, 0.6) is 0 Å². The van der Waals surface area contributed by atoms with Gasteiger partial charge in [0.05, 0.1) is 0 Å². The van der Waals surface area contributed by atoms with Crippen molar-refractivity contribution >= 4 is 0 Å². The summed E-state index contributed by atoms with van der Waals surface area (Å²) in [6.45, 7) is 10.8. The van der Waals surface area contributed by atoms with Crippen molar-refractivity contribution < 1.29 is 0 Å². The van der Waals surface area contributed by atoms with Crippen LogP contribution in [0.25, 0.3) is 0 Å². The monoisotopic (exact) mass is 267 g/mol. The van der Waals surface area contributed by atoms with Crippen molar-refractivity contribution in [3.05, 3.63) is 0 Å². The first-order valence-corrected chi connectivity index (χ1v) is 8.42. The van der Waals surface area contributed by atoms with E-state index >= 15 is 0 Å². The van der Waals surface area contributed by atoms with E-state index in [1.165, 1.54) is 64.7 Å². The maximum atomic E-state index is 5.68. The van der Waals surface area contributed by atoms with E-state index in [9.17, 15) is 0 Å². The van der Waals surface area contributed by atoms with Gasteiger partial charge in [0.1, 0.15) is 0 Å². The predicted octanol–water partition coefficient (Wildman–Crippen LogP) is 2.31. The van der Waals surface area contributed by atoms with Crippen LogP contribution in [0.3, 0.4) is 0 Å². The molecule has 0 saturated carbocycles. The molecule has 2 fully saturated rings. The minimum atomic E-state index is 0.754. The highest BCUT2D eigenvalue weighted by Gasteiger charge is 2.33. The van der Waals surface area contributed by atoms with Gasteiger partial charge in [0, 0.05) is 25.2 Å². The van der Waals surface area contributed by atoms with Crippen molar-refractivity contribution in [1.29, 1.82) is 0 Å². The molecule has 0 aromatic rings. The van der Waals surface area contributed by atoms with Crippen molar-refractivity contribution in [2.45, 2.75) is 64.5 Å². The molecule has 3 unspecified atom stereocenters. The SMILES string of the molecule is CCC(CCN)CCCN1CC2CCCN2CC1C. The van der Waals surface area contributed by atoms with Crippen molar-refractivity contribution in [2.75, 3.05) is 32.7 Å². The van der Waals surface area contributed by atoms with E-state index in [2.05, 4.69) is 23.6 Å². The third-order valence-corrected chi connectivity index (χ3v) is 5.28. The molecule has 2 saturated heterocycles. The van der Waals surface area contributed by atoms with E-state index in [1.807, 2.05) is 0 Å². The maximum absolute atomic E-state index is 5.68. The molecule has 3 heteroatoms. The Balaban J connectivity index is 1.70. The highest BCUT2D eigenvalue weighted by atomic mass is 15.3. The average molecular weight is 267 g/mol. The van der Waals surface area contributed by atoms with Gasteiger partial charge in [0.25, 0.3) is 0 Å². The molecule has 2 rings (SSSR count). The van der Waals surface area contributed by atoms with E-state index in [4.69, 9.17) is 5.73 Å². The second kappa shape index (κ2) is 7.61. The zero-order valence-electron chi connectivity index (χ0n) is 13.0. The molecule has 0 aliphatic carbocycles. The Morgan fingerprint density at radius 3 is 2.84 bits per heavy atom. The Kier molecular flexibility index (Phi) is 6.11. The van der Waals surface area contributed by atoms with Crippen LogP contribution in [-0.4, -0.2) is 54.6 Å². The smallest absolute Gasteiger partial charge is 0.0224 e. The van der Waals surface area contributed by atoms with Crippen molar-refractivity contribution in [2.24, 2.45) is 11.7 Å². The molecular weight excluding hydrogens is 234 g/mol. The van der Waals surface area contributed by atoms with Gasteiger partial charge in [0.2, 0.25) is 0 Å². The van der Waals surface area contributed by atoms with Crippen molar-refractivity contribution in [3.8, 4) is 0 Å². The minimum Gasteiger partial charge on any atom is -0.330 e. The zero-order valence-corrected chi connectivity index (χ0v) is 13.0. The number of hydrogen-bond acceptors (Lipinski definition) is 3. The van der Waals surface area contributed by atoms with Gasteiger partial charge in [-0.2, -0.15) is 0 Å². The van der Waals surface area contributed by atoms with Crippen LogP contribution >= 0.6 is 0 Å². The van der Waals surface area contributed by atoms with Crippen LogP contribution in [0.1, 0.15) is 52.4 Å². The second-order valence-corrected chi connectivity index (χ2v) is 6.63. The van der Waals surface area contributed by atoms with E-state index in [0.717, 1.165) is 24.5 Å². The van der Waals surface area contributed by atoms with Gasteiger partial charge in [-0.3, -0.25) is 9.80 Å². The molecule has 19 heavy (non-hydrogen) atoms. The molecule has 3 atom stereocenters. The molecule has 2 N–H and O–H groups in total. The second-order valence-electron chi connectivity index (χ2n) is 6.63. The number of piperazine rings is 1. The Hall–Kier alpha value is -0.120. The lowest BCUT2D eigenvalue weighted by atomic mass is 9.96. The van der Waals surface area contributed by atoms with Gasteiger partial charge in [0.15, 0.2) is 0 Å². The van der Waals surface area contributed by atoms with Crippen molar-refractivity contribution in [3.63, 3.8) is 0 Å². The summed E-state index contributed by atoms with van der Waals surface area (Å²) >= 11 is 0. The molecule has 2 aliphatic rings. The summed E-state index contributed by atoms with van der Waals surface area (Å²) in [5.74, 6) is 0.855. The van der Waals surface area contributed by atoms with Gasteiger partial charge < -0.3 is 5.73 Å². The van der Waals surface area contributed by atoms with E-state index in [-0.39, 0.29) is 0 Å². The molecule has 3 nitrogen and oxygen atoms in total. The van der Waals surface area contributed by atoms with Gasteiger partial charge in [-0.05, 0) is 64.6 Å². The normalized spacial score (nSPS) is 30.5. The van der Waals surface area contributed by atoms with Gasteiger partial charge in [-0.25, -0.2) is 0 Å². The molecule has 112 valence electrons. The minimum absolute atomic E-state index is 0.754. The van der Waals surface area contributed by atoms with Gasteiger partial charge in [-0.1, -0.05) is 13.3 Å². The lowest BCUT2D eigenvalue weighted by Crippen LogP contribution is -2.55. The van der Waals surface area contributed by atoms with Crippen LogP contribution in [0.2, 0.25) is 0 Å². The fourth-order valence-corrected chi connectivity index (χ4v) is 3.93. The number of hydrogen-bond donors (Lipinski definition) is 1. The molecule has 2 aliphatic heterocycles. The number of nitrogens with two attached hydrogens (primary N) is 1.